The van der Waals surface area contributed by atoms with E-state index in [1.165, 1.54) is 12.3 Å². The fourth-order valence-electron chi connectivity index (χ4n) is 1.29. The molecule has 0 aliphatic carbocycles. The normalized spacial score (nSPS) is 10.6. The molecule has 1 heterocycles. The van der Waals surface area contributed by atoms with Crippen molar-refractivity contribution in [2.45, 2.75) is 0 Å². The van der Waals surface area contributed by atoms with Crippen LogP contribution in [0.1, 0.15) is 5.56 Å². The van der Waals surface area contributed by atoms with Crippen molar-refractivity contribution < 1.29 is 4.79 Å². The molecule has 17 heavy (non-hydrogen) atoms. The third-order valence-electron chi connectivity index (χ3n) is 2.04. The first kappa shape index (κ1) is 11.4. The largest absolute Gasteiger partial charge is 0.320 e. The first-order valence-corrected chi connectivity index (χ1v) is 5.35. The van der Waals surface area contributed by atoms with Crippen molar-refractivity contribution in [3.63, 3.8) is 0 Å². The molecule has 1 aromatic heterocycles. The number of carbonyl (C=O) groups is 1. The fraction of sp³-hybridized carbons (Fsp3) is 0. The van der Waals surface area contributed by atoms with E-state index in [2.05, 4.69) is 15.5 Å². The molecule has 5 heteroatoms. The van der Waals surface area contributed by atoms with Gasteiger partial charge in [0.05, 0.1) is 11.9 Å². The first-order chi connectivity index (χ1) is 8.24. The van der Waals surface area contributed by atoms with Crippen molar-refractivity contribution in [1.82, 2.24) is 10.2 Å². The summed E-state index contributed by atoms with van der Waals surface area (Å²) in [6.07, 6.45) is 6.27. The maximum absolute atomic E-state index is 11.5. The van der Waals surface area contributed by atoms with E-state index in [1.54, 1.807) is 24.4 Å². The molecule has 0 atom stereocenters. The Kier molecular flexibility index (Phi) is 3.57. The third-order valence-corrected chi connectivity index (χ3v) is 2.28. The predicted octanol–water partition coefficient (Wildman–Crippen LogP) is 2.71. The Morgan fingerprint density at radius 2 is 2.35 bits per heavy atom. The standard InChI is InChI=1S/C12H10ClN3O/c13-10-3-1-2-9(6-10)4-5-12(17)16-11-7-14-15-8-11/h1-8H,(H,14,15)(H,16,17)/b5-4+. The van der Waals surface area contributed by atoms with Gasteiger partial charge in [-0.1, -0.05) is 23.7 Å². The Morgan fingerprint density at radius 1 is 1.47 bits per heavy atom. The minimum atomic E-state index is -0.216. The van der Waals surface area contributed by atoms with E-state index in [-0.39, 0.29) is 5.91 Å². The van der Waals surface area contributed by atoms with Crippen LogP contribution in [0.5, 0.6) is 0 Å². The van der Waals surface area contributed by atoms with Gasteiger partial charge in [0.1, 0.15) is 0 Å². The SMILES string of the molecule is O=C(/C=C/c1cccc(Cl)c1)Nc1cn[nH]c1. The van der Waals surface area contributed by atoms with Gasteiger partial charge in [-0.3, -0.25) is 9.89 Å². The van der Waals surface area contributed by atoms with Crippen molar-refractivity contribution >= 4 is 29.3 Å². The molecule has 0 fully saturated rings. The molecule has 1 amide bonds. The molecule has 0 unspecified atom stereocenters. The summed E-state index contributed by atoms with van der Waals surface area (Å²) >= 11 is 5.83. The molecule has 0 saturated carbocycles. The highest BCUT2D eigenvalue weighted by atomic mass is 35.5. The Bertz CT molecular complexity index is 534. The Balaban J connectivity index is 1.99. The van der Waals surface area contributed by atoms with Crippen LogP contribution in [-0.4, -0.2) is 16.1 Å². The average molecular weight is 248 g/mol. The summed E-state index contributed by atoms with van der Waals surface area (Å²) in [6.45, 7) is 0. The fourth-order valence-corrected chi connectivity index (χ4v) is 1.48. The van der Waals surface area contributed by atoms with Gasteiger partial charge in [-0.2, -0.15) is 5.10 Å². The number of aromatic amines is 1. The number of H-pyrrole nitrogens is 1. The van der Waals surface area contributed by atoms with Gasteiger partial charge in [-0.05, 0) is 23.8 Å². The first-order valence-electron chi connectivity index (χ1n) is 4.97. The summed E-state index contributed by atoms with van der Waals surface area (Å²) in [5, 5.41) is 9.63. The maximum atomic E-state index is 11.5. The number of aromatic nitrogens is 2. The zero-order valence-electron chi connectivity index (χ0n) is 8.85. The highest BCUT2D eigenvalue weighted by Gasteiger charge is 1.98. The number of hydrogen-bond acceptors (Lipinski definition) is 2. The van der Waals surface area contributed by atoms with Gasteiger partial charge in [0, 0.05) is 17.3 Å². The van der Waals surface area contributed by atoms with Crippen molar-refractivity contribution in [1.29, 1.82) is 0 Å². The van der Waals surface area contributed by atoms with Gasteiger partial charge >= 0.3 is 0 Å². The van der Waals surface area contributed by atoms with E-state index < -0.39 is 0 Å². The summed E-state index contributed by atoms with van der Waals surface area (Å²) in [4.78, 5) is 11.5. The monoisotopic (exact) mass is 247 g/mol. The highest BCUT2D eigenvalue weighted by Crippen LogP contribution is 2.11. The van der Waals surface area contributed by atoms with Crippen LogP contribution >= 0.6 is 11.6 Å². The zero-order chi connectivity index (χ0) is 12.1. The lowest BCUT2D eigenvalue weighted by Gasteiger charge is -1.96. The quantitative estimate of drug-likeness (QED) is 0.820. The van der Waals surface area contributed by atoms with Gasteiger partial charge in [0.25, 0.3) is 0 Å². The van der Waals surface area contributed by atoms with E-state index in [1.807, 2.05) is 12.1 Å². The summed E-state index contributed by atoms with van der Waals surface area (Å²) in [5.74, 6) is -0.216. The summed E-state index contributed by atoms with van der Waals surface area (Å²) < 4.78 is 0. The van der Waals surface area contributed by atoms with Crippen LogP contribution in [0.15, 0.2) is 42.7 Å². The minimum Gasteiger partial charge on any atom is -0.320 e. The highest BCUT2D eigenvalue weighted by molar-refractivity contribution is 6.30. The molecular weight excluding hydrogens is 238 g/mol. The lowest BCUT2D eigenvalue weighted by atomic mass is 10.2. The van der Waals surface area contributed by atoms with Crippen LogP contribution in [0.25, 0.3) is 6.08 Å². The number of hydrogen-bond donors (Lipinski definition) is 2. The van der Waals surface area contributed by atoms with Crippen molar-refractivity contribution in [2.24, 2.45) is 0 Å². The maximum Gasteiger partial charge on any atom is 0.248 e. The molecule has 2 rings (SSSR count). The van der Waals surface area contributed by atoms with Gasteiger partial charge in [0.15, 0.2) is 0 Å². The van der Waals surface area contributed by atoms with Crippen LogP contribution in [0.4, 0.5) is 5.69 Å². The van der Waals surface area contributed by atoms with Gasteiger partial charge < -0.3 is 5.32 Å². The minimum absolute atomic E-state index is 0.216. The van der Waals surface area contributed by atoms with Crippen LogP contribution in [0, 0.1) is 0 Å². The predicted molar refractivity (Wildman–Crippen MR) is 67.7 cm³/mol. The number of amides is 1. The molecule has 2 N–H and O–H groups in total. The summed E-state index contributed by atoms with van der Waals surface area (Å²) in [5.41, 5.74) is 1.51. The average Bonchev–Trinajstić information content (AvgIpc) is 2.79. The van der Waals surface area contributed by atoms with Gasteiger partial charge in [0.2, 0.25) is 5.91 Å². The molecule has 0 radical (unpaired) electrons. The molecule has 1 aromatic carbocycles. The molecule has 0 saturated heterocycles. The molecule has 86 valence electrons. The molecule has 0 aliphatic rings. The van der Waals surface area contributed by atoms with E-state index in [0.29, 0.717) is 10.7 Å². The third kappa shape index (κ3) is 3.46. The molecule has 2 aromatic rings. The van der Waals surface area contributed by atoms with Crippen molar-refractivity contribution in [2.75, 3.05) is 5.32 Å². The lowest BCUT2D eigenvalue weighted by molar-refractivity contribution is -0.111. The molecule has 0 bridgehead atoms. The smallest absolute Gasteiger partial charge is 0.248 e. The second-order valence-electron chi connectivity index (χ2n) is 3.36. The second kappa shape index (κ2) is 5.32. The van der Waals surface area contributed by atoms with E-state index in [0.717, 1.165) is 5.56 Å². The topological polar surface area (TPSA) is 57.8 Å². The van der Waals surface area contributed by atoms with Gasteiger partial charge in [-0.15, -0.1) is 0 Å². The Hall–Kier alpha value is -2.07. The second-order valence-corrected chi connectivity index (χ2v) is 3.80. The summed E-state index contributed by atoms with van der Waals surface area (Å²) in [6, 6.07) is 7.26. The number of nitrogens with zero attached hydrogens (tertiary/aromatic N) is 1. The molecule has 0 spiro atoms. The number of benzene rings is 1. The van der Waals surface area contributed by atoms with E-state index >= 15 is 0 Å². The molecular formula is C12H10ClN3O. The lowest BCUT2D eigenvalue weighted by Crippen LogP contribution is -2.06. The zero-order valence-corrected chi connectivity index (χ0v) is 9.61. The number of nitrogens with one attached hydrogen (secondary N) is 2. The van der Waals surface area contributed by atoms with Crippen molar-refractivity contribution in [3.05, 3.63) is 53.3 Å². The van der Waals surface area contributed by atoms with E-state index in [4.69, 9.17) is 11.6 Å². The Morgan fingerprint density at radius 3 is 3.06 bits per heavy atom. The van der Waals surface area contributed by atoms with Crippen LogP contribution in [-0.2, 0) is 4.79 Å². The van der Waals surface area contributed by atoms with Gasteiger partial charge in [-0.25, -0.2) is 0 Å². The van der Waals surface area contributed by atoms with Crippen LogP contribution < -0.4 is 5.32 Å². The summed E-state index contributed by atoms with van der Waals surface area (Å²) in [7, 11) is 0. The van der Waals surface area contributed by atoms with Crippen LogP contribution in [0.3, 0.4) is 0 Å². The Labute approximate surface area is 103 Å². The van der Waals surface area contributed by atoms with Crippen LogP contribution in [0.2, 0.25) is 5.02 Å². The number of halogens is 1. The number of anilines is 1. The number of rotatable bonds is 3. The molecule has 0 aliphatic heterocycles. The number of carbonyl (C=O) groups excluding carboxylic acids is 1. The van der Waals surface area contributed by atoms with Crippen molar-refractivity contribution in [3.8, 4) is 0 Å². The van der Waals surface area contributed by atoms with E-state index in [9.17, 15) is 4.79 Å². The molecule has 4 nitrogen and oxygen atoms in total.